The summed E-state index contributed by atoms with van der Waals surface area (Å²) in [4.78, 5) is 34.2. The predicted molar refractivity (Wildman–Crippen MR) is 66.6 cm³/mol. The van der Waals surface area contributed by atoms with E-state index >= 15 is 0 Å². The van der Waals surface area contributed by atoms with E-state index in [1.54, 1.807) is 0 Å². The highest BCUT2D eigenvalue weighted by Crippen LogP contribution is 2.32. The van der Waals surface area contributed by atoms with Gasteiger partial charge in [0.2, 0.25) is 11.8 Å². The Kier molecular flexibility index (Phi) is 3.69. The molecule has 20 heavy (non-hydrogen) atoms. The molecule has 7 heteroatoms. The lowest BCUT2D eigenvalue weighted by Gasteiger charge is -2.22. The number of amides is 3. The van der Waals surface area contributed by atoms with E-state index in [4.69, 9.17) is 10.5 Å². The number of primary amides is 1. The minimum atomic E-state index is -0.978. The number of hydrogen-bond donors (Lipinski definition) is 2. The summed E-state index contributed by atoms with van der Waals surface area (Å²) in [7, 11) is 1.28. The molecule has 1 fully saturated rings. The summed E-state index contributed by atoms with van der Waals surface area (Å²) in [5.74, 6) is -3.65. The smallest absolute Gasteiger partial charge is 0.255 e. The topological polar surface area (TPSA) is 98.5 Å². The zero-order valence-electron chi connectivity index (χ0n) is 10.7. The third kappa shape index (κ3) is 2.34. The van der Waals surface area contributed by atoms with Crippen molar-refractivity contribution >= 4 is 17.7 Å². The summed E-state index contributed by atoms with van der Waals surface area (Å²) in [6.45, 7) is 0. The molecule has 0 spiro atoms. The Morgan fingerprint density at radius 1 is 1.45 bits per heavy atom. The lowest BCUT2D eigenvalue weighted by molar-refractivity contribution is -0.134. The van der Waals surface area contributed by atoms with Gasteiger partial charge in [-0.3, -0.25) is 19.7 Å². The molecule has 2 rings (SSSR count). The van der Waals surface area contributed by atoms with Crippen molar-refractivity contribution in [1.29, 1.82) is 0 Å². The SMILES string of the molecule is COc1ccc([C@@H]2CCC(=O)NC2=O)c(F)c1C(N)=O. The summed E-state index contributed by atoms with van der Waals surface area (Å²) in [6, 6.07) is 2.74. The van der Waals surface area contributed by atoms with Crippen LogP contribution < -0.4 is 15.8 Å². The number of carbonyl (C=O) groups excluding carboxylic acids is 3. The molecule has 0 aromatic heterocycles. The second-order valence-electron chi connectivity index (χ2n) is 4.41. The van der Waals surface area contributed by atoms with Gasteiger partial charge >= 0.3 is 0 Å². The predicted octanol–water partition coefficient (Wildman–Crippen LogP) is 0.453. The maximum atomic E-state index is 14.4. The molecule has 3 N–H and O–H groups in total. The molecule has 1 heterocycles. The minimum absolute atomic E-state index is 0.00560. The number of nitrogens with one attached hydrogen (secondary N) is 1. The lowest BCUT2D eigenvalue weighted by atomic mass is 9.88. The normalized spacial score (nSPS) is 18.6. The van der Waals surface area contributed by atoms with Crippen molar-refractivity contribution in [3.05, 3.63) is 29.1 Å². The Morgan fingerprint density at radius 3 is 2.70 bits per heavy atom. The molecule has 106 valence electrons. The first-order valence-electron chi connectivity index (χ1n) is 5.95. The number of carbonyl (C=O) groups is 3. The molecule has 3 amide bonds. The van der Waals surface area contributed by atoms with Crippen molar-refractivity contribution in [3.63, 3.8) is 0 Å². The van der Waals surface area contributed by atoms with Gasteiger partial charge in [-0.05, 0) is 12.5 Å². The van der Waals surface area contributed by atoms with Crippen LogP contribution in [-0.4, -0.2) is 24.8 Å². The molecule has 0 saturated carbocycles. The number of benzene rings is 1. The van der Waals surface area contributed by atoms with Gasteiger partial charge in [-0.1, -0.05) is 6.07 Å². The second-order valence-corrected chi connectivity index (χ2v) is 4.41. The minimum Gasteiger partial charge on any atom is -0.496 e. The fraction of sp³-hybridized carbons (Fsp3) is 0.308. The van der Waals surface area contributed by atoms with Crippen molar-refractivity contribution in [1.82, 2.24) is 5.32 Å². The third-order valence-electron chi connectivity index (χ3n) is 3.21. The molecule has 0 radical (unpaired) electrons. The molecular formula is C13H13FN2O4. The zero-order chi connectivity index (χ0) is 14.9. The van der Waals surface area contributed by atoms with Gasteiger partial charge in [0.25, 0.3) is 5.91 Å². The molecule has 1 aliphatic heterocycles. The first kappa shape index (κ1) is 14.0. The van der Waals surface area contributed by atoms with Crippen LogP contribution in [-0.2, 0) is 9.59 Å². The number of methoxy groups -OCH3 is 1. The summed E-state index contributed by atoms with van der Waals surface area (Å²) in [5.41, 5.74) is 4.77. The number of rotatable bonds is 3. The third-order valence-corrected chi connectivity index (χ3v) is 3.21. The zero-order valence-corrected chi connectivity index (χ0v) is 10.7. The van der Waals surface area contributed by atoms with Crippen LogP contribution in [0.4, 0.5) is 4.39 Å². The molecule has 1 saturated heterocycles. The van der Waals surface area contributed by atoms with Gasteiger partial charge in [-0.25, -0.2) is 4.39 Å². The quantitative estimate of drug-likeness (QED) is 0.785. The Hall–Kier alpha value is -2.44. The van der Waals surface area contributed by atoms with Crippen LogP contribution in [0.15, 0.2) is 12.1 Å². The highest BCUT2D eigenvalue weighted by Gasteiger charge is 2.32. The molecule has 0 bridgehead atoms. The van der Waals surface area contributed by atoms with Crippen molar-refractivity contribution < 1.29 is 23.5 Å². The average molecular weight is 280 g/mol. The van der Waals surface area contributed by atoms with Crippen LogP contribution >= 0.6 is 0 Å². The Balaban J connectivity index is 2.48. The van der Waals surface area contributed by atoms with E-state index in [2.05, 4.69) is 5.32 Å². The largest absolute Gasteiger partial charge is 0.496 e. The number of piperidine rings is 1. The average Bonchev–Trinajstić information content (AvgIpc) is 2.38. The molecular weight excluding hydrogens is 267 g/mol. The van der Waals surface area contributed by atoms with Crippen LogP contribution in [0.25, 0.3) is 0 Å². The maximum Gasteiger partial charge on any atom is 0.255 e. The van der Waals surface area contributed by atoms with Crippen LogP contribution in [0.2, 0.25) is 0 Å². The number of hydrogen-bond acceptors (Lipinski definition) is 4. The molecule has 1 aromatic rings. The van der Waals surface area contributed by atoms with Crippen LogP contribution in [0.1, 0.15) is 34.7 Å². The van der Waals surface area contributed by atoms with Gasteiger partial charge in [0.15, 0.2) is 0 Å². The number of halogens is 1. The summed E-state index contributed by atoms with van der Waals surface area (Å²) >= 11 is 0. The first-order valence-corrected chi connectivity index (χ1v) is 5.95. The lowest BCUT2D eigenvalue weighted by Crippen LogP contribution is -2.39. The van der Waals surface area contributed by atoms with Crippen molar-refractivity contribution in [2.24, 2.45) is 5.73 Å². The van der Waals surface area contributed by atoms with Gasteiger partial charge < -0.3 is 10.5 Å². The van der Waals surface area contributed by atoms with E-state index in [0.717, 1.165) is 0 Å². The monoisotopic (exact) mass is 280 g/mol. The number of nitrogens with two attached hydrogens (primary N) is 1. The van der Waals surface area contributed by atoms with Gasteiger partial charge in [0, 0.05) is 12.0 Å². The van der Waals surface area contributed by atoms with Crippen LogP contribution in [0.3, 0.4) is 0 Å². The summed E-state index contributed by atoms with van der Waals surface area (Å²) < 4.78 is 19.3. The van der Waals surface area contributed by atoms with E-state index in [1.807, 2.05) is 0 Å². The van der Waals surface area contributed by atoms with Crippen LogP contribution in [0.5, 0.6) is 5.75 Å². The molecule has 0 unspecified atom stereocenters. The molecule has 6 nitrogen and oxygen atoms in total. The molecule has 1 atom stereocenters. The standard InChI is InChI=1S/C13H13FN2O4/c1-20-8-4-2-6(11(14)10(8)12(15)18)7-3-5-9(17)16-13(7)19/h2,4,7H,3,5H2,1H3,(H2,15,18)(H,16,17,19)/t7-/m0/s1. The van der Waals surface area contributed by atoms with E-state index in [0.29, 0.717) is 0 Å². The van der Waals surface area contributed by atoms with Crippen molar-refractivity contribution in [3.8, 4) is 5.75 Å². The van der Waals surface area contributed by atoms with E-state index < -0.39 is 35.0 Å². The fourth-order valence-corrected chi connectivity index (χ4v) is 2.23. The second kappa shape index (κ2) is 5.28. The Morgan fingerprint density at radius 2 is 2.15 bits per heavy atom. The van der Waals surface area contributed by atoms with Crippen molar-refractivity contribution in [2.75, 3.05) is 7.11 Å². The number of ether oxygens (including phenoxy) is 1. The fourth-order valence-electron chi connectivity index (χ4n) is 2.23. The van der Waals surface area contributed by atoms with E-state index in [-0.39, 0.29) is 24.2 Å². The molecule has 1 aliphatic rings. The molecule has 1 aromatic carbocycles. The highest BCUT2D eigenvalue weighted by molar-refractivity contribution is 6.01. The summed E-state index contributed by atoms with van der Waals surface area (Å²) in [6.07, 6.45) is 0.305. The van der Waals surface area contributed by atoms with Crippen LogP contribution in [0, 0.1) is 5.82 Å². The van der Waals surface area contributed by atoms with Gasteiger partial charge in [-0.15, -0.1) is 0 Å². The van der Waals surface area contributed by atoms with Gasteiger partial charge in [0.05, 0.1) is 13.0 Å². The highest BCUT2D eigenvalue weighted by atomic mass is 19.1. The maximum absolute atomic E-state index is 14.4. The summed E-state index contributed by atoms with van der Waals surface area (Å²) in [5, 5.41) is 2.14. The molecule has 0 aliphatic carbocycles. The Labute approximate surface area is 114 Å². The number of imide groups is 1. The van der Waals surface area contributed by atoms with E-state index in [9.17, 15) is 18.8 Å². The van der Waals surface area contributed by atoms with Crippen molar-refractivity contribution in [2.45, 2.75) is 18.8 Å². The first-order chi connectivity index (χ1) is 9.45. The van der Waals surface area contributed by atoms with E-state index in [1.165, 1.54) is 19.2 Å². The van der Waals surface area contributed by atoms with Gasteiger partial charge in [-0.2, -0.15) is 0 Å². The Bertz CT molecular complexity index is 600. The van der Waals surface area contributed by atoms with Gasteiger partial charge in [0.1, 0.15) is 17.1 Å².